The van der Waals surface area contributed by atoms with Gasteiger partial charge in [0.1, 0.15) is 18.3 Å². The van der Waals surface area contributed by atoms with E-state index in [9.17, 15) is 9.90 Å². The maximum atomic E-state index is 11.9. The van der Waals surface area contributed by atoms with Crippen molar-refractivity contribution in [1.82, 2.24) is 0 Å². The number of benzene rings is 1. The van der Waals surface area contributed by atoms with E-state index in [1.165, 1.54) is 0 Å². The highest BCUT2D eigenvalue weighted by atomic mass is 16.6. The lowest BCUT2D eigenvalue weighted by Gasteiger charge is -2.31. The van der Waals surface area contributed by atoms with Crippen molar-refractivity contribution < 1.29 is 19.4 Å². The molecule has 2 aliphatic rings. The summed E-state index contributed by atoms with van der Waals surface area (Å²) in [5.41, 5.74) is 0.762. The van der Waals surface area contributed by atoms with Crippen LogP contribution in [0.5, 0.6) is 0 Å². The summed E-state index contributed by atoms with van der Waals surface area (Å²) in [7, 11) is 0. The minimum absolute atomic E-state index is 0.185. The van der Waals surface area contributed by atoms with Crippen molar-refractivity contribution in [3.8, 4) is 0 Å². The Labute approximate surface area is 124 Å². The summed E-state index contributed by atoms with van der Waals surface area (Å²) in [5.74, 6) is 0.0246. The second kappa shape index (κ2) is 5.28. The Kier molecular flexibility index (Phi) is 3.59. The molecule has 1 aliphatic carbocycles. The number of hydrogen-bond donors (Lipinski definition) is 1. The van der Waals surface area contributed by atoms with Crippen molar-refractivity contribution in [3.63, 3.8) is 0 Å². The lowest BCUT2D eigenvalue weighted by Crippen LogP contribution is -2.36. The van der Waals surface area contributed by atoms with E-state index < -0.39 is 11.7 Å². The maximum Gasteiger partial charge on any atom is 0.338 e. The highest BCUT2D eigenvalue weighted by Gasteiger charge is 2.62. The second-order valence-corrected chi connectivity index (χ2v) is 6.05. The summed E-state index contributed by atoms with van der Waals surface area (Å²) in [4.78, 5) is 11.9. The summed E-state index contributed by atoms with van der Waals surface area (Å²) < 4.78 is 11.1. The fourth-order valence-corrected chi connectivity index (χ4v) is 3.20. The average molecular weight is 288 g/mol. The van der Waals surface area contributed by atoms with Gasteiger partial charge < -0.3 is 14.6 Å². The molecule has 4 nitrogen and oxygen atoms in total. The molecule has 112 valence electrons. The smallest absolute Gasteiger partial charge is 0.338 e. The molecule has 0 aromatic heterocycles. The van der Waals surface area contributed by atoms with Crippen LogP contribution in [0.15, 0.2) is 42.5 Å². The van der Waals surface area contributed by atoms with E-state index in [0.717, 1.165) is 18.4 Å². The zero-order chi connectivity index (χ0) is 15.0. The van der Waals surface area contributed by atoms with E-state index in [4.69, 9.17) is 9.47 Å². The summed E-state index contributed by atoms with van der Waals surface area (Å²) in [6.07, 6.45) is 0.843. The molecule has 1 heterocycles. The van der Waals surface area contributed by atoms with Crippen molar-refractivity contribution in [2.45, 2.75) is 37.6 Å². The fraction of sp³-hybridized carbons (Fsp3) is 0.471. The van der Waals surface area contributed by atoms with Crippen LogP contribution in [0.25, 0.3) is 0 Å². The van der Waals surface area contributed by atoms with Crippen LogP contribution < -0.4 is 0 Å². The molecule has 1 aromatic rings. The molecule has 1 saturated carbocycles. The van der Waals surface area contributed by atoms with Crippen molar-refractivity contribution in [2.24, 2.45) is 5.92 Å². The standard InChI is InChI=1S/C17H20O4/c1-11-8-14(18)12(2)17(9-11)15(21-17)10-20-16(19)13-6-4-3-5-7-13/h3-7,11,14-15,18H,2,8-10H2,1H3. The Hall–Kier alpha value is -1.65. The van der Waals surface area contributed by atoms with E-state index in [-0.39, 0.29) is 18.7 Å². The van der Waals surface area contributed by atoms with Gasteiger partial charge in [-0.05, 0) is 36.5 Å². The van der Waals surface area contributed by atoms with Crippen LogP contribution in [0, 0.1) is 5.92 Å². The van der Waals surface area contributed by atoms with Crippen LogP contribution >= 0.6 is 0 Å². The number of carbonyl (C=O) groups is 1. The Bertz CT molecular complexity index is 553. The van der Waals surface area contributed by atoms with Crippen molar-refractivity contribution >= 4 is 5.97 Å². The molecular weight excluding hydrogens is 268 g/mol. The first-order valence-electron chi connectivity index (χ1n) is 7.30. The first kappa shape index (κ1) is 14.3. The number of epoxide rings is 1. The highest BCUT2D eigenvalue weighted by molar-refractivity contribution is 5.89. The SMILES string of the molecule is C=C1C(O)CC(C)CC12OC2COC(=O)c1ccccc1. The van der Waals surface area contributed by atoms with Crippen LogP contribution in [0.1, 0.15) is 30.1 Å². The molecule has 1 saturated heterocycles. The molecule has 4 heteroatoms. The molecule has 2 fully saturated rings. The first-order valence-corrected chi connectivity index (χ1v) is 7.30. The number of ether oxygens (including phenoxy) is 2. The summed E-state index contributed by atoms with van der Waals surface area (Å²) in [6, 6.07) is 8.89. The van der Waals surface area contributed by atoms with Gasteiger partial charge in [-0.3, -0.25) is 0 Å². The number of aliphatic hydroxyl groups excluding tert-OH is 1. The third-order valence-electron chi connectivity index (χ3n) is 4.41. The van der Waals surface area contributed by atoms with E-state index >= 15 is 0 Å². The Morgan fingerprint density at radius 3 is 2.90 bits per heavy atom. The molecule has 0 bridgehead atoms. The molecule has 1 aliphatic heterocycles. The number of esters is 1. The number of aliphatic hydroxyl groups is 1. The van der Waals surface area contributed by atoms with Crippen molar-refractivity contribution in [3.05, 3.63) is 48.0 Å². The van der Waals surface area contributed by atoms with Gasteiger partial charge in [-0.2, -0.15) is 0 Å². The first-order chi connectivity index (χ1) is 10.0. The van der Waals surface area contributed by atoms with Crippen LogP contribution in [0.2, 0.25) is 0 Å². The van der Waals surface area contributed by atoms with Gasteiger partial charge in [-0.15, -0.1) is 0 Å². The van der Waals surface area contributed by atoms with Crippen LogP contribution in [-0.4, -0.2) is 35.5 Å². The third kappa shape index (κ3) is 2.61. The maximum absolute atomic E-state index is 11.9. The van der Waals surface area contributed by atoms with Crippen LogP contribution in [0.3, 0.4) is 0 Å². The summed E-state index contributed by atoms with van der Waals surface area (Å²) >= 11 is 0. The molecule has 1 spiro atoms. The normalized spacial score (nSPS) is 34.8. The lowest BCUT2D eigenvalue weighted by atomic mass is 9.75. The molecule has 4 atom stereocenters. The minimum Gasteiger partial charge on any atom is -0.459 e. The second-order valence-electron chi connectivity index (χ2n) is 6.05. The van der Waals surface area contributed by atoms with E-state index in [1.807, 2.05) is 6.07 Å². The summed E-state index contributed by atoms with van der Waals surface area (Å²) in [6.45, 7) is 6.25. The number of carbonyl (C=O) groups excluding carboxylic acids is 1. The zero-order valence-electron chi connectivity index (χ0n) is 12.1. The van der Waals surface area contributed by atoms with Gasteiger partial charge in [0.15, 0.2) is 0 Å². The predicted octanol–water partition coefficient (Wildman–Crippen LogP) is 2.33. The minimum atomic E-state index is -0.524. The molecular formula is C17H20O4. The molecule has 21 heavy (non-hydrogen) atoms. The molecule has 0 amide bonds. The zero-order valence-corrected chi connectivity index (χ0v) is 12.1. The molecule has 1 N–H and O–H groups in total. The van der Waals surface area contributed by atoms with Gasteiger partial charge in [0.05, 0.1) is 11.7 Å². The topological polar surface area (TPSA) is 59.1 Å². The van der Waals surface area contributed by atoms with Crippen LogP contribution in [0.4, 0.5) is 0 Å². The lowest BCUT2D eigenvalue weighted by molar-refractivity contribution is 0.0476. The largest absolute Gasteiger partial charge is 0.459 e. The molecule has 0 radical (unpaired) electrons. The van der Waals surface area contributed by atoms with Gasteiger partial charge in [-0.25, -0.2) is 4.79 Å². The molecule has 3 rings (SSSR count). The van der Waals surface area contributed by atoms with E-state index in [0.29, 0.717) is 11.5 Å². The predicted molar refractivity (Wildman–Crippen MR) is 77.9 cm³/mol. The van der Waals surface area contributed by atoms with Crippen molar-refractivity contribution in [2.75, 3.05) is 6.61 Å². The third-order valence-corrected chi connectivity index (χ3v) is 4.41. The average Bonchev–Trinajstić information content (AvgIpc) is 3.16. The Morgan fingerprint density at radius 2 is 2.19 bits per heavy atom. The number of rotatable bonds is 3. The Balaban J connectivity index is 1.59. The van der Waals surface area contributed by atoms with Gasteiger partial charge in [-0.1, -0.05) is 31.7 Å². The van der Waals surface area contributed by atoms with E-state index in [2.05, 4.69) is 13.5 Å². The monoisotopic (exact) mass is 288 g/mol. The number of hydrogen-bond acceptors (Lipinski definition) is 4. The quantitative estimate of drug-likeness (QED) is 0.527. The van der Waals surface area contributed by atoms with Gasteiger partial charge in [0.25, 0.3) is 0 Å². The van der Waals surface area contributed by atoms with Gasteiger partial charge >= 0.3 is 5.97 Å². The fourth-order valence-electron chi connectivity index (χ4n) is 3.20. The van der Waals surface area contributed by atoms with Gasteiger partial charge in [0, 0.05) is 0 Å². The van der Waals surface area contributed by atoms with Crippen LogP contribution in [-0.2, 0) is 9.47 Å². The van der Waals surface area contributed by atoms with Crippen molar-refractivity contribution in [1.29, 1.82) is 0 Å². The molecule has 4 unspecified atom stereocenters. The molecule has 1 aromatic carbocycles. The summed E-state index contributed by atoms with van der Waals surface area (Å²) in [5, 5.41) is 10.0. The van der Waals surface area contributed by atoms with Gasteiger partial charge in [0.2, 0.25) is 0 Å². The van der Waals surface area contributed by atoms with E-state index in [1.54, 1.807) is 24.3 Å². The Morgan fingerprint density at radius 1 is 1.48 bits per heavy atom. The highest BCUT2D eigenvalue weighted by Crippen LogP contribution is 2.52.